The predicted molar refractivity (Wildman–Crippen MR) is 139 cm³/mol. The van der Waals surface area contributed by atoms with Crippen LogP contribution in [0.25, 0.3) is 22.0 Å². The molecule has 0 radical (unpaired) electrons. The van der Waals surface area contributed by atoms with Gasteiger partial charge in [-0.3, -0.25) is 24.7 Å². The number of hydrogen-bond acceptors (Lipinski definition) is 6. The number of ether oxygens (including phenoxy) is 1. The summed E-state index contributed by atoms with van der Waals surface area (Å²) in [4.78, 5) is 39.5. The van der Waals surface area contributed by atoms with Gasteiger partial charge in [0.2, 0.25) is 5.91 Å². The number of nitrogens with one attached hydrogen (secondary N) is 1. The van der Waals surface area contributed by atoms with E-state index in [2.05, 4.69) is 20.2 Å². The number of methoxy groups -OCH3 is 1. The van der Waals surface area contributed by atoms with E-state index in [-0.39, 0.29) is 11.8 Å². The van der Waals surface area contributed by atoms with Gasteiger partial charge in [0, 0.05) is 66.5 Å². The lowest BCUT2D eigenvalue weighted by atomic mass is 9.77. The summed E-state index contributed by atoms with van der Waals surface area (Å²) in [6.07, 6.45) is 9.07. The molecule has 188 valence electrons. The van der Waals surface area contributed by atoms with E-state index in [0.717, 1.165) is 34.1 Å². The molecule has 0 unspecified atom stereocenters. The van der Waals surface area contributed by atoms with Crippen LogP contribution in [0.15, 0.2) is 55.1 Å². The molecule has 1 spiro atoms. The Labute approximate surface area is 214 Å². The summed E-state index contributed by atoms with van der Waals surface area (Å²) in [7, 11) is 1.63. The van der Waals surface area contributed by atoms with Gasteiger partial charge in [0.25, 0.3) is 5.91 Å². The molecule has 9 heteroatoms. The normalized spacial score (nSPS) is 17.1. The fraction of sp³-hybridized carbons (Fsp3) is 0.321. The van der Waals surface area contributed by atoms with Gasteiger partial charge in [-0.05, 0) is 50.5 Å². The first-order valence-electron chi connectivity index (χ1n) is 12.5. The number of hydrogen-bond donors (Lipinski definition) is 1. The highest BCUT2D eigenvalue weighted by atomic mass is 16.5. The van der Waals surface area contributed by atoms with Crippen molar-refractivity contribution < 1.29 is 14.3 Å². The number of likely N-dealkylation sites (tertiary alicyclic amines) is 1. The molecule has 4 aromatic rings. The van der Waals surface area contributed by atoms with Crippen LogP contribution in [0.5, 0.6) is 5.75 Å². The van der Waals surface area contributed by atoms with Crippen molar-refractivity contribution in [1.82, 2.24) is 25.1 Å². The van der Waals surface area contributed by atoms with E-state index in [9.17, 15) is 9.59 Å². The maximum absolute atomic E-state index is 13.7. The van der Waals surface area contributed by atoms with Crippen molar-refractivity contribution in [3.63, 3.8) is 0 Å². The highest BCUT2D eigenvalue weighted by Gasteiger charge is 2.49. The minimum Gasteiger partial charge on any atom is -0.496 e. The van der Waals surface area contributed by atoms with Crippen molar-refractivity contribution in [2.45, 2.75) is 26.2 Å². The van der Waals surface area contributed by atoms with Gasteiger partial charge in [-0.15, -0.1) is 0 Å². The monoisotopic (exact) mass is 496 g/mol. The van der Waals surface area contributed by atoms with Gasteiger partial charge in [0.1, 0.15) is 5.75 Å². The standard InChI is InChI=1S/C28H28N6O3/c1-18-23(13-19-15-29-9-5-24(19)32-18)26(35)33-10-6-28(7-11-33)8-12-34(27(28)36)21-3-4-22(25(14-21)37-2)20-16-30-31-17-20/h3-5,9,13-17H,6-8,10-12H2,1-2H3,(H,30,31). The molecule has 1 aromatic carbocycles. The molecule has 1 N–H and O–H groups in total. The Kier molecular flexibility index (Phi) is 5.62. The number of amides is 2. The number of pyridine rings is 2. The third kappa shape index (κ3) is 3.91. The Morgan fingerprint density at radius 3 is 2.65 bits per heavy atom. The Morgan fingerprint density at radius 1 is 1.08 bits per heavy atom. The molecule has 37 heavy (non-hydrogen) atoms. The number of nitrogens with zero attached hydrogens (tertiary/aromatic N) is 5. The van der Waals surface area contributed by atoms with E-state index < -0.39 is 5.41 Å². The summed E-state index contributed by atoms with van der Waals surface area (Å²) < 4.78 is 5.63. The first-order chi connectivity index (χ1) is 18.0. The number of H-pyrrole nitrogens is 1. The zero-order valence-corrected chi connectivity index (χ0v) is 20.9. The van der Waals surface area contributed by atoms with Crippen LogP contribution in [0.1, 0.15) is 35.3 Å². The van der Waals surface area contributed by atoms with E-state index in [1.807, 2.05) is 53.3 Å². The van der Waals surface area contributed by atoms with E-state index in [1.54, 1.807) is 25.7 Å². The van der Waals surface area contributed by atoms with Crippen molar-refractivity contribution in [2.75, 3.05) is 31.6 Å². The van der Waals surface area contributed by atoms with E-state index >= 15 is 0 Å². The molecule has 0 atom stereocenters. The van der Waals surface area contributed by atoms with Crippen LogP contribution < -0.4 is 9.64 Å². The second-order valence-corrected chi connectivity index (χ2v) is 9.84. The van der Waals surface area contributed by atoms with Gasteiger partial charge in [0.15, 0.2) is 0 Å². The van der Waals surface area contributed by atoms with Crippen LogP contribution in [-0.4, -0.2) is 63.6 Å². The number of fused-ring (bicyclic) bond motifs is 1. The Hall–Kier alpha value is -4.27. The van der Waals surface area contributed by atoms with Gasteiger partial charge in [0.05, 0.1) is 35.5 Å². The quantitative estimate of drug-likeness (QED) is 0.458. The first-order valence-corrected chi connectivity index (χ1v) is 12.5. The minimum atomic E-state index is -0.437. The lowest BCUT2D eigenvalue weighted by molar-refractivity contribution is -0.127. The van der Waals surface area contributed by atoms with Gasteiger partial charge >= 0.3 is 0 Å². The molecule has 6 rings (SSSR count). The van der Waals surface area contributed by atoms with Crippen molar-refractivity contribution in [1.29, 1.82) is 0 Å². The number of piperidine rings is 1. The van der Waals surface area contributed by atoms with Gasteiger partial charge < -0.3 is 14.5 Å². The molecule has 2 amide bonds. The van der Waals surface area contributed by atoms with Crippen LogP contribution in [0.3, 0.4) is 0 Å². The molecule has 0 bridgehead atoms. The summed E-state index contributed by atoms with van der Waals surface area (Å²) >= 11 is 0. The lowest BCUT2D eigenvalue weighted by Gasteiger charge is -2.38. The number of carbonyl (C=O) groups is 2. The van der Waals surface area contributed by atoms with Crippen LogP contribution in [-0.2, 0) is 4.79 Å². The minimum absolute atomic E-state index is 0.0347. The second kappa shape index (κ2) is 8.99. The van der Waals surface area contributed by atoms with Crippen LogP contribution >= 0.6 is 0 Å². The molecular weight excluding hydrogens is 468 g/mol. The zero-order valence-electron chi connectivity index (χ0n) is 20.9. The largest absolute Gasteiger partial charge is 0.496 e. The Morgan fingerprint density at radius 2 is 1.89 bits per heavy atom. The van der Waals surface area contributed by atoms with Crippen LogP contribution in [0.2, 0.25) is 0 Å². The van der Waals surface area contributed by atoms with Crippen molar-refractivity contribution in [2.24, 2.45) is 5.41 Å². The fourth-order valence-corrected chi connectivity index (χ4v) is 5.65. The number of carbonyl (C=O) groups excluding carboxylic acids is 2. The highest BCUT2D eigenvalue weighted by molar-refractivity contribution is 6.01. The number of aryl methyl sites for hydroxylation is 1. The lowest BCUT2D eigenvalue weighted by Crippen LogP contribution is -2.46. The Bertz CT molecular complexity index is 1490. The molecule has 3 aromatic heterocycles. The smallest absolute Gasteiger partial charge is 0.255 e. The number of rotatable bonds is 4. The molecule has 0 saturated carbocycles. The average Bonchev–Trinajstić information content (AvgIpc) is 3.57. The molecule has 2 fully saturated rings. The molecule has 2 aliphatic heterocycles. The van der Waals surface area contributed by atoms with E-state index in [0.29, 0.717) is 49.5 Å². The first kappa shape index (κ1) is 23.1. The van der Waals surface area contributed by atoms with Gasteiger partial charge in [-0.1, -0.05) is 0 Å². The number of aromatic nitrogens is 4. The maximum Gasteiger partial charge on any atom is 0.255 e. The average molecular weight is 497 g/mol. The fourth-order valence-electron chi connectivity index (χ4n) is 5.65. The molecule has 5 heterocycles. The molecule has 2 saturated heterocycles. The third-order valence-electron chi connectivity index (χ3n) is 7.86. The Balaban J connectivity index is 1.18. The number of aromatic amines is 1. The predicted octanol–water partition coefficient (Wildman–Crippen LogP) is 4.00. The summed E-state index contributed by atoms with van der Waals surface area (Å²) in [5.74, 6) is 0.794. The molecule has 0 aliphatic carbocycles. The van der Waals surface area contributed by atoms with E-state index in [4.69, 9.17) is 4.74 Å². The van der Waals surface area contributed by atoms with Crippen LogP contribution in [0, 0.1) is 12.3 Å². The third-order valence-corrected chi connectivity index (χ3v) is 7.86. The van der Waals surface area contributed by atoms with Crippen molar-refractivity contribution in [3.8, 4) is 16.9 Å². The van der Waals surface area contributed by atoms with E-state index in [1.165, 1.54) is 0 Å². The molecule has 2 aliphatic rings. The molecular formula is C28H28N6O3. The topological polar surface area (TPSA) is 104 Å². The summed E-state index contributed by atoms with van der Waals surface area (Å²) in [5, 5.41) is 7.69. The summed E-state index contributed by atoms with van der Waals surface area (Å²) in [5.41, 5.74) is 4.37. The van der Waals surface area contributed by atoms with Crippen LogP contribution in [0.4, 0.5) is 5.69 Å². The van der Waals surface area contributed by atoms with Gasteiger partial charge in [-0.2, -0.15) is 5.10 Å². The van der Waals surface area contributed by atoms with Crippen molar-refractivity contribution in [3.05, 3.63) is 66.4 Å². The molecule has 9 nitrogen and oxygen atoms in total. The van der Waals surface area contributed by atoms with Gasteiger partial charge in [-0.25, -0.2) is 0 Å². The number of anilines is 1. The summed E-state index contributed by atoms with van der Waals surface area (Å²) in [6.45, 7) is 3.61. The zero-order chi connectivity index (χ0) is 25.6. The SMILES string of the molecule is COc1cc(N2CCC3(CCN(C(=O)c4cc5cnccc5nc4C)CC3)C2=O)ccc1-c1cn[nH]c1. The maximum atomic E-state index is 13.7. The summed E-state index contributed by atoms with van der Waals surface area (Å²) in [6, 6.07) is 9.57. The van der Waals surface area contributed by atoms with Crippen molar-refractivity contribution >= 4 is 28.4 Å². The second-order valence-electron chi connectivity index (χ2n) is 9.84. The number of benzene rings is 1. The highest BCUT2D eigenvalue weighted by Crippen LogP contribution is 2.44.